The second-order valence-corrected chi connectivity index (χ2v) is 6.95. The molecule has 7 heteroatoms. The molecule has 0 aliphatic carbocycles. The van der Waals surface area contributed by atoms with Crippen LogP contribution in [0.3, 0.4) is 0 Å². The molecule has 0 fully saturated rings. The zero-order chi connectivity index (χ0) is 17.4. The first-order chi connectivity index (χ1) is 11.7. The van der Waals surface area contributed by atoms with Gasteiger partial charge in [-0.25, -0.2) is 0 Å². The van der Waals surface area contributed by atoms with Gasteiger partial charge in [0, 0.05) is 28.8 Å². The van der Waals surface area contributed by atoms with Crippen LogP contribution in [-0.4, -0.2) is 20.5 Å². The first-order valence-corrected chi connectivity index (χ1v) is 9.16. The average Bonchev–Trinajstić information content (AvgIpc) is 2.99. The molecular formula is C17H16BrN5S. The Balaban J connectivity index is 2.19. The van der Waals surface area contributed by atoms with Crippen molar-refractivity contribution in [3.63, 3.8) is 0 Å². The fourth-order valence-corrected chi connectivity index (χ4v) is 3.37. The Morgan fingerprint density at radius 3 is 2.67 bits per heavy atom. The molecule has 0 aliphatic heterocycles. The lowest BCUT2D eigenvalue weighted by Crippen LogP contribution is -2.04. The van der Waals surface area contributed by atoms with Gasteiger partial charge in [-0.2, -0.15) is 10.5 Å². The molecule has 1 atom stereocenters. The summed E-state index contributed by atoms with van der Waals surface area (Å²) in [7, 11) is 0. The quantitative estimate of drug-likeness (QED) is 0.482. The van der Waals surface area contributed by atoms with E-state index in [1.54, 1.807) is 6.08 Å². The van der Waals surface area contributed by atoms with Gasteiger partial charge in [0.2, 0.25) is 0 Å². The summed E-state index contributed by atoms with van der Waals surface area (Å²) >= 11 is 4.91. The number of hydrogen-bond acceptors (Lipinski definition) is 5. The van der Waals surface area contributed by atoms with Crippen LogP contribution in [0.1, 0.15) is 12.8 Å². The van der Waals surface area contributed by atoms with Crippen molar-refractivity contribution in [3.8, 4) is 23.5 Å². The van der Waals surface area contributed by atoms with Crippen molar-refractivity contribution in [1.82, 2.24) is 14.8 Å². The summed E-state index contributed by atoms with van der Waals surface area (Å²) in [6.45, 7) is 4.39. The van der Waals surface area contributed by atoms with Gasteiger partial charge in [0.1, 0.15) is 0 Å². The average molecular weight is 402 g/mol. The van der Waals surface area contributed by atoms with Gasteiger partial charge >= 0.3 is 0 Å². The van der Waals surface area contributed by atoms with Crippen LogP contribution in [0.2, 0.25) is 0 Å². The molecule has 0 aliphatic rings. The predicted octanol–water partition coefficient (Wildman–Crippen LogP) is 4.43. The number of aromatic nitrogens is 3. The third-order valence-electron chi connectivity index (χ3n) is 3.33. The Morgan fingerprint density at radius 1 is 1.29 bits per heavy atom. The molecule has 0 N–H and O–H groups in total. The number of benzene rings is 1. The summed E-state index contributed by atoms with van der Waals surface area (Å²) in [5, 5.41) is 27.1. The summed E-state index contributed by atoms with van der Waals surface area (Å²) in [4.78, 5) is 0. The SMILES string of the molecule is C=CCn1c(SC[C@@H](C#N)CCC#N)nnc1-c1ccc(Br)cc1. The van der Waals surface area contributed by atoms with Crippen molar-refractivity contribution < 1.29 is 0 Å². The monoisotopic (exact) mass is 401 g/mol. The molecule has 0 spiro atoms. The van der Waals surface area contributed by atoms with Gasteiger partial charge in [-0.1, -0.05) is 45.9 Å². The van der Waals surface area contributed by atoms with E-state index in [2.05, 4.69) is 44.8 Å². The highest BCUT2D eigenvalue weighted by Gasteiger charge is 2.16. The minimum absolute atomic E-state index is 0.167. The molecule has 0 amide bonds. The van der Waals surface area contributed by atoms with Gasteiger partial charge < -0.3 is 0 Å². The summed E-state index contributed by atoms with van der Waals surface area (Å²) in [5.74, 6) is 1.20. The maximum absolute atomic E-state index is 9.18. The number of thioether (sulfide) groups is 1. The van der Waals surface area contributed by atoms with Gasteiger partial charge in [-0.05, 0) is 18.6 Å². The Morgan fingerprint density at radius 2 is 2.04 bits per heavy atom. The van der Waals surface area contributed by atoms with Crippen molar-refractivity contribution in [2.75, 3.05) is 5.75 Å². The molecule has 122 valence electrons. The van der Waals surface area contributed by atoms with E-state index in [0.717, 1.165) is 21.0 Å². The van der Waals surface area contributed by atoms with Gasteiger partial charge in [0.25, 0.3) is 0 Å². The summed E-state index contributed by atoms with van der Waals surface area (Å²) < 4.78 is 2.99. The van der Waals surface area contributed by atoms with Crippen molar-refractivity contribution in [2.24, 2.45) is 5.92 Å². The van der Waals surface area contributed by atoms with E-state index in [1.165, 1.54) is 11.8 Å². The van der Waals surface area contributed by atoms with E-state index in [4.69, 9.17) is 5.26 Å². The van der Waals surface area contributed by atoms with Gasteiger partial charge in [-0.15, -0.1) is 16.8 Å². The van der Waals surface area contributed by atoms with Crippen LogP contribution >= 0.6 is 27.7 Å². The highest BCUT2D eigenvalue weighted by molar-refractivity contribution is 9.10. The Bertz CT molecular complexity index is 770. The number of rotatable bonds is 8. The number of halogens is 1. The van der Waals surface area contributed by atoms with Crippen LogP contribution in [0.15, 0.2) is 46.5 Å². The van der Waals surface area contributed by atoms with Crippen LogP contribution < -0.4 is 0 Å². The molecular weight excluding hydrogens is 386 g/mol. The van der Waals surface area contributed by atoms with Crippen LogP contribution in [0, 0.1) is 28.6 Å². The lowest BCUT2D eigenvalue weighted by atomic mass is 10.1. The molecule has 0 bridgehead atoms. The Hall–Kier alpha value is -2.09. The summed E-state index contributed by atoms with van der Waals surface area (Å²) in [6, 6.07) is 12.2. The maximum atomic E-state index is 9.18. The molecule has 2 aromatic rings. The molecule has 1 aromatic carbocycles. The fraction of sp³-hybridized carbons (Fsp3) is 0.294. The van der Waals surface area contributed by atoms with Crippen LogP contribution in [0.25, 0.3) is 11.4 Å². The van der Waals surface area contributed by atoms with E-state index in [0.29, 0.717) is 25.1 Å². The summed E-state index contributed by atoms with van der Waals surface area (Å²) in [6.07, 6.45) is 2.77. The summed E-state index contributed by atoms with van der Waals surface area (Å²) in [5.41, 5.74) is 0.973. The number of hydrogen-bond donors (Lipinski definition) is 0. The molecule has 0 unspecified atom stereocenters. The lowest BCUT2D eigenvalue weighted by molar-refractivity contribution is 0.679. The van der Waals surface area contributed by atoms with E-state index in [1.807, 2.05) is 28.8 Å². The van der Waals surface area contributed by atoms with Crippen molar-refractivity contribution >= 4 is 27.7 Å². The maximum Gasteiger partial charge on any atom is 0.191 e. The molecule has 2 rings (SSSR count). The molecule has 0 saturated heterocycles. The van der Waals surface area contributed by atoms with Gasteiger partial charge in [0.05, 0.1) is 18.1 Å². The highest BCUT2D eigenvalue weighted by Crippen LogP contribution is 2.27. The van der Waals surface area contributed by atoms with Crippen LogP contribution in [0.5, 0.6) is 0 Å². The Labute approximate surface area is 154 Å². The van der Waals surface area contributed by atoms with E-state index in [-0.39, 0.29) is 5.92 Å². The zero-order valence-electron chi connectivity index (χ0n) is 13.0. The van der Waals surface area contributed by atoms with Crippen molar-refractivity contribution in [2.45, 2.75) is 24.5 Å². The smallest absolute Gasteiger partial charge is 0.191 e. The molecule has 0 radical (unpaired) electrons. The van der Waals surface area contributed by atoms with Crippen LogP contribution in [0.4, 0.5) is 0 Å². The first-order valence-electron chi connectivity index (χ1n) is 7.39. The standard InChI is InChI=1S/C17H16BrN5S/c1-2-10-23-16(14-5-7-15(18)8-6-14)21-22-17(23)24-12-13(11-20)4-3-9-19/h2,5-8,13H,1,3-4,10,12H2/t13-/m1/s1. The second kappa shape index (κ2) is 9.27. The minimum Gasteiger partial charge on any atom is -0.298 e. The third-order valence-corrected chi connectivity index (χ3v) is 4.99. The largest absolute Gasteiger partial charge is 0.298 e. The molecule has 0 saturated carbocycles. The normalized spacial score (nSPS) is 11.5. The molecule has 5 nitrogen and oxygen atoms in total. The van der Waals surface area contributed by atoms with Gasteiger partial charge in [0.15, 0.2) is 11.0 Å². The number of nitriles is 2. The van der Waals surface area contributed by atoms with E-state index < -0.39 is 0 Å². The topological polar surface area (TPSA) is 78.3 Å². The molecule has 1 heterocycles. The fourth-order valence-electron chi connectivity index (χ4n) is 2.10. The van der Waals surface area contributed by atoms with Crippen LogP contribution in [-0.2, 0) is 6.54 Å². The second-order valence-electron chi connectivity index (χ2n) is 5.05. The lowest BCUT2D eigenvalue weighted by Gasteiger charge is -2.09. The highest BCUT2D eigenvalue weighted by atomic mass is 79.9. The van der Waals surface area contributed by atoms with Crippen molar-refractivity contribution in [3.05, 3.63) is 41.4 Å². The number of allylic oxidation sites excluding steroid dienone is 1. The Kier molecular flexibility index (Phi) is 7.05. The van der Waals surface area contributed by atoms with Gasteiger partial charge in [-0.3, -0.25) is 4.57 Å². The zero-order valence-corrected chi connectivity index (χ0v) is 15.4. The minimum atomic E-state index is -0.167. The first kappa shape index (κ1) is 18.3. The van der Waals surface area contributed by atoms with E-state index >= 15 is 0 Å². The predicted molar refractivity (Wildman–Crippen MR) is 98.0 cm³/mol. The van der Waals surface area contributed by atoms with Crippen molar-refractivity contribution in [1.29, 1.82) is 10.5 Å². The molecule has 24 heavy (non-hydrogen) atoms. The number of nitrogens with zero attached hydrogens (tertiary/aromatic N) is 5. The van der Waals surface area contributed by atoms with E-state index in [9.17, 15) is 5.26 Å². The third kappa shape index (κ3) is 4.70. The molecule has 1 aromatic heterocycles.